The number of aryl methyl sites for hydroxylation is 1. The molecule has 1 N–H and O–H groups in total. The van der Waals surface area contributed by atoms with Crippen LogP contribution in [0.15, 0.2) is 77.7 Å². The first kappa shape index (κ1) is 29.2. The summed E-state index contributed by atoms with van der Waals surface area (Å²) in [5.74, 6) is 2.29. The largest absolute Gasteiger partial charge is 0.508 e. The Hall–Kier alpha value is -3.31. The monoisotopic (exact) mass is 568 g/mol. The van der Waals surface area contributed by atoms with Gasteiger partial charge in [0.2, 0.25) is 0 Å². The van der Waals surface area contributed by atoms with Crippen molar-refractivity contribution in [3.05, 3.63) is 89.5 Å². The lowest BCUT2D eigenvalue weighted by atomic mass is 9.55. The second kappa shape index (κ2) is 12.3. The molecule has 0 radical (unpaired) electrons. The highest BCUT2D eigenvalue weighted by Gasteiger charge is 2.56. The van der Waals surface area contributed by atoms with Gasteiger partial charge in [0.25, 0.3) is 0 Å². The summed E-state index contributed by atoms with van der Waals surface area (Å²) in [5.41, 5.74) is 6.29. The minimum atomic E-state index is -0.136. The molecule has 3 aromatic rings. The lowest BCUT2D eigenvalue weighted by Gasteiger charge is -2.50. The number of fused-ring (bicyclic) bond motifs is 5. The van der Waals surface area contributed by atoms with Gasteiger partial charge in [0, 0.05) is 17.2 Å². The van der Waals surface area contributed by atoms with Crippen LogP contribution >= 0.6 is 12.6 Å². The fourth-order valence-electron chi connectivity index (χ4n) is 7.57. The van der Waals surface area contributed by atoms with E-state index in [9.17, 15) is 14.7 Å². The van der Waals surface area contributed by atoms with Gasteiger partial charge in [-0.1, -0.05) is 55.5 Å². The highest BCUT2D eigenvalue weighted by atomic mass is 32.1. The highest BCUT2D eigenvalue weighted by Crippen LogP contribution is 2.61. The van der Waals surface area contributed by atoms with Crippen LogP contribution in [0.25, 0.3) is 17.2 Å². The smallest absolute Gasteiger partial charge is 0.302 e. The van der Waals surface area contributed by atoms with Crippen molar-refractivity contribution < 1.29 is 19.4 Å². The molecule has 0 heterocycles. The second-order valence-corrected chi connectivity index (χ2v) is 12.6. The average Bonchev–Trinajstić information content (AvgIpc) is 3.28. The summed E-state index contributed by atoms with van der Waals surface area (Å²) in [6, 6.07) is 22.1. The normalized spacial score (nSPS) is 26.2. The molecule has 2 fully saturated rings. The first-order valence-corrected chi connectivity index (χ1v) is 15.2. The van der Waals surface area contributed by atoms with Crippen LogP contribution < -0.4 is 0 Å². The Morgan fingerprint density at radius 2 is 1.61 bits per heavy atom. The maximum atomic E-state index is 11.4. The first-order valence-electron chi connectivity index (χ1n) is 14.7. The van der Waals surface area contributed by atoms with Crippen molar-refractivity contribution in [2.24, 2.45) is 17.3 Å². The van der Waals surface area contributed by atoms with Crippen molar-refractivity contribution >= 4 is 30.5 Å². The lowest BCUT2D eigenvalue weighted by molar-refractivity contribution is -0.154. The number of phenols is 1. The minimum Gasteiger partial charge on any atom is -0.508 e. The number of carbonyl (C=O) groups is 2. The van der Waals surface area contributed by atoms with E-state index in [1.165, 1.54) is 37.3 Å². The number of thiol groups is 1. The molecule has 6 rings (SSSR count). The van der Waals surface area contributed by atoms with Gasteiger partial charge in [0.05, 0.1) is 0 Å². The average molecular weight is 569 g/mol. The van der Waals surface area contributed by atoms with Crippen molar-refractivity contribution in [1.29, 1.82) is 0 Å². The van der Waals surface area contributed by atoms with Crippen LogP contribution in [0.2, 0.25) is 0 Å². The van der Waals surface area contributed by atoms with E-state index in [-0.39, 0.29) is 23.3 Å². The predicted octanol–water partition coefficient (Wildman–Crippen LogP) is 8.42. The van der Waals surface area contributed by atoms with E-state index in [4.69, 9.17) is 4.74 Å². The van der Waals surface area contributed by atoms with E-state index in [1.54, 1.807) is 13.0 Å². The van der Waals surface area contributed by atoms with Crippen LogP contribution in [0.5, 0.6) is 5.75 Å². The highest BCUT2D eigenvalue weighted by molar-refractivity contribution is 7.80. The Morgan fingerprint density at radius 1 is 0.927 bits per heavy atom. The standard InChI is InChI=1S/C20H26O3.C16H14OS/c1-12(21)23-19-8-7-18-17-5-3-13-11-14(22)4-6-15(13)16(17)9-10-20(18,19)2;1-12(17)2-3-13-4-6-14(7-5-13)15-8-10-16(18)11-9-15/h4,6,11,16-19,22H,3,5,7-10H2,1-2H3;2-11,18H,1H3/b;3-2+. The number of hydrogen-bond donors (Lipinski definition) is 2. The molecule has 41 heavy (non-hydrogen) atoms. The molecule has 0 amide bonds. The van der Waals surface area contributed by atoms with Gasteiger partial charge in [0.1, 0.15) is 11.9 Å². The van der Waals surface area contributed by atoms with E-state index >= 15 is 0 Å². The Labute approximate surface area is 249 Å². The van der Waals surface area contributed by atoms with Crippen molar-refractivity contribution in [1.82, 2.24) is 0 Å². The zero-order chi connectivity index (χ0) is 29.1. The molecule has 2 saturated carbocycles. The number of ether oxygens (including phenoxy) is 1. The number of aromatic hydroxyl groups is 1. The molecule has 4 nitrogen and oxygen atoms in total. The molecular weight excluding hydrogens is 528 g/mol. The van der Waals surface area contributed by atoms with Crippen molar-refractivity contribution in [3.8, 4) is 16.9 Å². The third-order valence-electron chi connectivity index (χ3n) is 9.55. The number of benzene rings is 3. The maximum absolute atomic E-state index is 11.4. The maximum Gasteiger partial charge on any atom is 0.302 e. The molecule has 3 aliphatic carbocycles. The molecule has 0 spiro atoms. The van der Waals surface area contributed by atoms with Crippen molar-refractivity contribution in [2.45, 2.75) is 76.2 Å². The minimum absolute atomic E-state index is 0.0587. The third kappa shape index (κ3) is 6.46. The summed E-state index contributed by atoms with van der Waals surface area (Å²) in [5, 5.41) is 9.75. The molecule has 0 saturated heterocycles. The van der Waals surface area contributed by atoms with Crippen LogP contribution in [0.1, 0.15) is 75.5 Å². The molecule has 0 aromatic heterocycles. The quantitative estimate of drug-likeness (QED) is 0.188. The molecular formula is C36H40O4S. The number of rotatable bonds is 4. The summed E-state index contributed by atoms with van der Waals surface area (Å²) in [6.45, 7) is 5.43. The number of ketones is 1. The van der Waals surface area contributed by atoms with E-state index in [1.807, 2.05) is 66.7 Å². The summed E-state index contributed by atoms with van der Waals surface area (Å²) >= 11 is 4.27. The molecule has 3 aromatic carbocycles. The Morgan fingerprint density at radius 3 is 2.27 bits per heavy atom. The van der Waals surface area contributed by atoms with Crippen LogP contribution in [-0.2, 0) is 20.7 Å². The first-order chi connectivity index (χ1) is 19.6. The van der Waals surface area contributed by atoms with Crippen molar-refractivity contribution in [2.75, 3.05) is 0 Å². The molecule has 214 valence electrons. The number of phenolic OH excluding ortho intramolecular Hbond substituents is 1. The van der Waals surface area contributed by atoms with Gasteiger partial charge in [0.15, 0.2) is 5.78 Å². The number of hydrogen-bond acceptors (Lipinski definition) is 5. The second-order valence-electron chi connectivity index (χ2n) is 12.1. The zero-order valence-electron chi connectivity index (χ0n) is 24.2. The van der Waals surface area contributed by atoms with Gasteiger partial charge in [-0.15, -0.1) is 12.6 Å². The van der Waals surface area contributed by atoms with Crippen LogP contribution in [0.3, 0.4) is 0 Å². The van der Waals surface area contributed by atoms with E-state index in [0.717, 1.165) is 40.8 Å². The van der Waals surface area contributed by atoms with Crippen molar-refractivity contribution in [3.63, 3.8) is 0 Å². The predicted molar refractivity (Wildman–Crippen MR) is 167 cm³/mol. The molecule has 5 atom stereocenters. The molecule has 5 heteroatoms. The topological polar surface area (TPSA) is 63.6 Å². The third-order valence-corrected chi connectivity index (χ3v) is 9.85. The van der Waals surface area contributed by atoms with Crippen LogP contribution in [0.4, 0.5) is 0 Å². The van der Waals surface area contributed by atoms with Crippen LogP contribution in [-0.4, -0.2) is 23.0 Å². The molecule has 5 unspecified atom stereocenters. The van der Waals surface area contributed by atoms with Gasteiger partial charge in [-0.3, -0.25) is 9.59 Å². The van der Waals surface area contributed by atoms with Gasteiger partial charge < -0.3 is 9.84 Å². The van der Waals surface area contributed by atoms with E-state index < -0.39 is 0 Å². The molecule has 0 bridgehead atoms. The van der Waals surface area contributed by atoms with Crippen LogP contribution in [0, 0.1) is 17.3 Å². The number of esters is 1. The Balaban J connectivity index is 0.000000170. The molecule has 0 aliphatic heterocycles. The SMILES string of the molecule is CC(=O)/C=C/c1ccc(-c2ccc(S)cc2)cc1.CC(=O)OC1CCC2C3CCc4cc(O)ccc4C3CCC12C. The number of allylic oxidation sites excluding steroid dienone is 1. The fourth-order valence-corrected chi connectivity index (χ4v) is 7.72. The van der Waals surface area contributed by atoms with E-state index in [2.05, 4.69) is 25.6 Å². The van der Waals surface area contributed by atoms with Gasteiger partial charge in [-0.2, -0.15) is 0 Å². The summed E-state index contributed by atoms with van der Waals surface area (Å²) in [6.07, 6.45) is 10.3. The van der Waals surface area contributed by atoms with Gasteiger partial charge in [-0.05, 0) is 121 Å². The zero-order valence-corrected chi connectivity index (χ0v) is 25.1. The summed E-state index contributed by atoms with van der Waals surface area (Å²) in [4.78, 5) is 23.3. The Bertz CT molecular complexity index is 1420. The summed E-state index contributed by atoms with van der Waals surface area (Å²) in [7, 11) is 0. The fraction of sp³-hybridized carbons (Fsp3) is 0.389. The van der Waals surface area contributed by atoms with Gasteiger partial charge >= 0.3 is 5.97 Å². The van der Waals surface area contributed by atoms with E-state index in [0.29, 0.717) is 23.5 Å². The summed E-state index contributed by atoms with van der Waals surface area (Å²) < 4.78 is 5.68. The lowest BCUT2D eigenvalue weighted by Crippen LogP contribution is -2.45. The van der Waals surface area contributed by atoms with Gasteiger partial charge in [-0.25, -0.2) is 0 Å². The number of carbonyl (C=O) groups excluding carboxylic acids is 2. The molecule has 3 aliphatic rings. The Kier molecular flexibility index (Phi) is 8.74.